The molecule has 4 N–H and O–H groups in total. The zero-order valence-corrected chi connectivity index (χ0v) is 18.6. The lowest BCUT2D eigenvalue weighted by atomic mass is 9.91. The lowest BCUT2D eigenvalue weighted by Crippen LogP contribution is -2.35. The highest BCUT2D eigenvalue weighted by Gasteiger charge is 2.46. The summed E-state index contributed by atoms with van der Waals surface area (Å²) in [7, 11) is -5.44. The Labute approximate surface area is 189 Å². The summed E-state index contributed by atoms with van der Waals surface area (Å²) < 4.78 is 62.9. The van der Waals surface area contributed by atoms with Gasteiger partial charge in [-0.25, -0.2) is 8.42 Å². The lowest BCUT2D eigenvalue weighted by molar-refractivity contribution is -0.0436. The number of benzene rings is 1. The van der Waals surface area contributed by atoms with Crippen LogP contribution in [-0.2, 0) is 9.84 Å². The predicted octanol–water partition coefficient (Wildman–Crippen LogP) is 3.50. The van der Waals surface area contributed by atoms with Crippen LogP contribution in [0.4, 0.5) is 24.7 Å². The van der Waals surface area contributed by atoms with Crippen LogP contribution in [-0.4, -0.2) is 42.2 Å². The fraction of sp³-hybridized carbons (Fsp3) is 0.524. The van der Waals surface area contributed by atoms with Gasteiger partial charge in [0.05, 0.1) is 10.9 Å². The quantitative estimate of drug-likeness (QED) is 0.527. The first kappa shape index (κ1) is 23.6. The minimum Gasteiger partial charge on any atom is -0.365 e. The summed E-state index contributed by atoms with van der Waals surface area (Å²) in [6, 6.07) is 4.65. The van der Waals surface area contributed by atoms with E-state index in [0.717, 1.165) is 50.3 Å². The summed E-state index contributed by atoms with van der Waals surface area (Å²) in [5.74, 6) is 0.297. The van der Waals surface area contributed by atoms with Crippen LogP contribution < -0.4 is 16.4 Å². The van der Waals surface area contributed by atoms with Crippen LogP contribution in [0.25, 0.3) is 0 Å². The molecule has 33 heavy (non-hydrogen) atoms. The monoisotopic (exact) mass is 485 g/mol. The van der Waals surface area contributed by atoms with Crippen molar-refractivity contribution in [2.75, 3.05) is 11.9 Å². The Balaban J connectivity index is 1.44. The van der Waals surface area contributed by atoms with Crippen molar-refractivity contribution in [3.05, 3.63) is 36.0 Å². The Morgan fingerprint density at radius 1 is 1.09 bits per heavy atom. The number of nitrogens with zero attached hydrogens (tertiary/aromatic N) is 2. The van der Waals surface area contributed by atoms with Crippen molar-refractivity contribution in [1.29, 1.82) is 0 Å². The summed E-state index contributed by atoms with van der Waals surface area (Å²) in [6.45, 7) is 1.07. The van der Waals surface area contributed by atoms with Gasteiger partial charge in [0.25, 0.3) is 15.7 Å². The second-order valence-electron chi connectivity index (χ2n) is 8.69. The number of aromatic nitrogens is 2. The number of amides is 1. The molecule has 1 heterocycles. The Morgan fingerprint density at radius 3 is 2.27 bits per heavy atom. The number of anilines is 2. The van der Waals surface area contributed by atoms with E-state index in [1.54, 1.807) is 10.9 Å². The van der Waals surface area contributed by atoms with Crippen LogP contribution in [0, 0.1) is 5.92 Å². The van der Waals surface area contributed by atoms with Crippen LogP contribution in [0.1, 0.15) is 54.9 Å². The zero-order valence-electron chi connectivity index (χ0n) is 17.8. The van der Waals surface area contributed by atoms with E-state index in [1.165, 1.54) is 25.0 Å². The molecule has 1 amide bonds. The third-order valence-electron chi connectivity index (χ3n) is 6.19. The largest absolute Gasteiger partial charge is 0.501 e. The number of nitrogens with one attached hydrogen (secondary N) is 2. The second-order valence-corrected chi connectivity index (χ2v) is 10.6. The van der Waals surface area contributed by atoms with Gasteiger partial charge in [0.15, 0.2) is 5.82 Å². The predicted molar refractivity (Wildman–Crippen MR) is 116 cm³/mol. The van der Waals surface area contributed by atoms with E-state index in [2.05, 4.69) is 15.7 Å². The van der Waals surface area contributed by atoms with Crippen LogP contribution in [0.5, 0.6) is 0 Å². The summed E-state index contributed by atoms with van der Waals surface area (Å²) in [5, 5.41) is 10.9. The molecule has 8 nitrogen and oxygen atoms in total. The molecule has 0 radical (unpaired) electrons. The molecule has 0 bridgehead atoms. The molecule has 0 saturated heterocycles. The fourth-order valence-corrected chi connectivity index (χ4v) is 4.80. The average Bonchev–Trinajstić information content (AvgIpc) is 3.50. The third kappa shape index (κ3) is 5.32. The Bertz CT molecular complexity index is 1100. The summed E-state index contributed by atoms with van der Waals surface area (Å²) >= 11 is 0. The fourth-order valence-electron chi connectivity index (χ4n) is 4.04. The van der Waals surface area contributed by atoms with E-state index in [0.29, 0.717) is 6.04 Å². The highest BCUT2D eigenvalue weighted by molar-refractivity contribution is 7.92. The van der Waals surface area contributed by atoms with Gasteiger partial charge in [0.1, 0.15) is 5.56 Å². The van der Waals surface area contributed by atoms with Gasteiger partial charge in [-0.3, -0.25) is 9.48 Å². The number of halogens is 3. The number of nitrogens with two attached hydrogens (primary N) is 1. The highest BCUT2D eigenvalue weighted by atomic mass is 32.2. The molecule has 1 aromatic heterocycles. The lowest BCUT2D eigenvalue weighted by Gasteiger charge is -2.29. The number of hydrogen-bond acceptors (Lipinski definition) is 6. The molecule has 2 saturated carbocycles. The van der Waals surface area contributed by atoms with E-state index in [1.807, 2.05) is 0 Å². The first-order valence-corrected chi connectivity index (χ1v) is 12.3. The molecule has 1 aromatic carbocycles. The molecule has 4 rings (SSSR count). The molecular formula is C21H26F3N5O3S. The summed E-state index contributed by atoms with van der Waals surface area (Å²) in [4.78, 5) is 11.1. The zero-order chi connectivity index (χ0) is 23.8. The first-order chi connectivity index (χ1) is 15.5. The van der Waals surface area contributed by atoms with Crippen molar-refractivity contribution in [1.82, 2.24) is 15.1 Å². The first-order valence-electron chi connectivity index (χ1n) is 10.9. The van der Waals surface area contributed by atoms with Gasteiger partial charge in [-0.2, -0.15) is 18.3 Å². The summed E-state index contributed by atoms with van der Waals surface area (Å²) in [5.41, 5.74) is 0.531. The minimum absolute atomic E-state index is 0.108. The van der Waals surface area contributed by atoms with Crippen molar-refractivity contribution in [3.8, 4) is 0 Å². The number of sulfone groups is 1. The van der Waals surface area contributed by atoms with Crippen LogP contribution in [0.3, 0.4) is 0 Å². The second kappa shape index (κ2) is 8.98. The van der Waals surface area contributed by atoms with Crippen molar-refractivity contribution in [2.45, 2.75) is 61.0 Å². The van der Waals surface area contributed by atoms with Crippen LogP contribution in [0.15, 0.2) is 35.4 Å². The van der Waals surface area contributed by atoms with Crippen molar-refractivity contribution in [3.63, 3.8) is 0 Å². The number of carbonyl (C=O) groups excluding carboxylic acids is 1. The van der Waals surface area contributed by atoms with Gasteiger partial charge in [-0.15, -0.1) is 0 Å². The average molecular weight is 486 g/mol. The molecule has 180 valence electrons. The number of hydrogen-bond donors (Lipinski definition) is 3. The van der Waals surface area contributed by atoms with Crippen LogP contribution in [0.2, 0.25) is 0 Å². The maximum Gasteiger partial charge on any atom is 0.501 e. The van der Waals surface area contributed by atoms with Gasteiger partial charge < -0.3 is 16.4 Å². The number of rotatable bonds is 8. The maximum absolute atomic E-state index is 12.7. The molecule has 12 heteroatoms. The molecule has 0 unspecified atom stereocenters. The summed E-state index contributed by atoms with van der Waals surface area (Å²) in [6.07, 6.45) is 7.99. The molecule has 2 aliphatic rings. The van der Waals surface area contributed by atoms with Gasteiger partial charge in [-0.05, 0) is 75.3 Å². The molecular weight excluding hydrogens is 459 g/mol. The SMILES string of the molecule is NC(=O)c1cn([C@H]2CC[C@H](NCC3CC3)CC2)nc1Nc1ccc(S(=O)(=O)C(F)(F)F)cc1. The topological polar surface area (TPSA) is 119 Å². The molecule has 2 aromatic rings. The molecule has 0 spiro atoms. The van der Waals surface area contributed by atoms with Gasteiger partial charge in [0.2, 0.25) is 0 Å². The minimum atomic E-state index is -5.44. The van der Waals surface area contributed by atoms with Gasteiger partial charge in [0, 0.05) is 17.9 Å². The maximum atomic E-state index is 12.7. The molecule has 2 fully saturated rings. The highest BCUT2D eigenvalue weighted by Crippen LogP contribution is 2.33. The van der Waals surface area contributed by atoms with E-state index < -0.39 is 26.1 Å². The van der Waals surface area contributed by atoms with Crippen molar-refractivity contribution in [2.24, 2.45) is 11.7 Å². The van der Waals surface area contributed by atoms with Gasteiger partial charge >= 0.3 is 5.51 Å². The smallest absolute Gasteiger partial charge is 0.365 e. The molecule has 0 aliphatic heterocycles. The van der Waals surface area contributed by atoms with E-state index in [4.69, 9.17) is 5.73 Å². The van der Waals surface area contributed by atoms with E-state index in [-0.39, 0.29) is 23.1 Å². The number of primary amides is 1. The standard InChI is InChI=1S/C21H26F3N5O3S/c22-21(23,24)33(31,32)17-9-5-15(6-10-17)27-20-18(19(25)30)12-29(28-20)16-7-3-14(4-8-16)26-11-13-1-2-13/h5-6,9-10,12-14,16,26H,1-4,7-8,11H2,(H2,25,30)(H,27,28)/t14-,16-. The third-order valence-corrected chi connectivity index (χ3v) is 7.69. The molecule has 0 atom stereocenters. The Hall–Kier alpha value is -2.60. The Kier molecular flexibility index (Phi) is 6.41. The number of carbonyl (C=O) groups is 1. The van der Waals surface area contributed by atoms with Gasteiger partial charge in [-0.1, -0.05) is 0 Å². The van der Waals surface area contributed by atoms with Crippen LogP contribution >= 0.6 is 0 Å². The number of alkyl halides is 3. The normalized spacial score (nSPS) is 21.7. The van der Waals surface area contributed by atoms with E-state index >= 15 is 0 Å². The van der Waals surface area contributed by atoms with Crippen molar-refractivity contribution >= 4 is 27.2 Å². The van der Waals surface area contributed by atoms with Crippen molar-refractivity contribution < 1.29 is 26.4 Å². The van der Waals surface area contributed by atoms with E-state index in [9.17, 15) is 26.4 Å². The molecule has 2 aliphatic carbocycles. The Morgan fingerprint density at radius 2 is 1.73 bits per heavy atom.